The summed E-state index contributed by atoms with van der Waals surface area (Å²) in [5, 5.41) is 1.87. The Bertz CT molecular complexity index is 811. The van der Waals surface area contributed by atoms with Crippen LogP contribution >= 0.6 is 0 Å². The normalized spacial score (nSPS) is 11.0. The summed E-state index contributed by atoms with van der Waals surface area (Å²) in [5.41, 5.74) is 15.0. The van der Waals surface area contributed by atoms with E-state index in [0.29, 0.717) is 12.8 Å². The molecule has 4 nitrogen and oxygen atoms in total. The van der Waals surface area contributed by atoms with Gasteiger partial charge in [-0.25, -0.2) is 4.98 Å². The highest BCUT2D eigenvalue weighted by Crippen LogP contribution is 2.28. The zero-order valence-corrected chi connectivity index (χ0v) is 11.0. The van der Waals surface area contributed by atoms with E-state index in [1.54, 1.807) is 0 Å². The first-order chi connectivity index (χ1) is 9.65. The molecule has 0 radical (unpaired) electrons. The summed E-state index contributed by atoms with van der Waals surface area (Å²) in [6.45, 7) is 0. The molecule has 2 aromatic carbocycles. The lowest BCUT2D eigenvalue weighted by atomic mass is 10.0. The number of aromatic nitrogens is 1. The summed E-state index contributed by atoms with van der Waals surface area (Å²) >= 11 is 0. The van der Waals surface area contributed by atoms with Crippen molar-refractivity contribution in [1.82, 2.24) is 4.98 Å². The average molecular weight is 265 g/mol. The van der Waals surface area contributed by atoms with Gasteiger partial charge in [0.2, 0.25) is 5.91 Å². The Balaban J connectivity index is 2.15. The molecule has 0 unspecified atom stereocenters. The molecule has 3 rings (SSSR count). The van der Waals surface area contributed by atoms with Crippen LogP contribution in [0.15, 0.2) is 42.5 Å². The van der Waals surface area contributed by atoms with Crippen LogP contribution in [0.4, 0.5) is 5.69 Å². The molecule has 4 heteroatoms. The maximum absolute atomic E-state index is 10.9. The minimum absolute atomic E-state index is 0.297. The SMILES string of the molecule is NC(=O)CCc1ccc2nc3ccccc3c(N)c2c1. The number of pyridine rings is 1. The van der Waals surface area contributed by atoms with Crippen molar-refractivity contribution >= 4 is 33.4 Å². The maximum Gasteiger partial charge on any atom is 0.217 e. The van der Waals surface area contributed by atoms with Crippen LogP contribution in [0.5, 0.6) is 0 Å². The largest absolute Gasteiger partial charge is 0.398 e. The predicted octanol–water partition coefficient (Wildman–Crippen LogP) is 2.39. The van der Waals surface area contributed by atoms with Gasteiger partial charge in [0, 0.05) is 17.2 Å². The van der Waals surface area contributed by atoms with Gasteiger partial charge in [0.15, 0.2) is 0 Å². The molecule has 1 aromatic heterocycles. The Kier molecular flexibility index (Phi) is 2.99. The molecule has 4 N–H and O–H groups in total. The second-order valence-electron chi connectivity index (χ2n) is 4.86. The van der Waals surface area contributed by atoms with Gasteiger partial charge in [-0.2, -0.15) is 0 Å². The van der Waals surface area contributed by atoms with E-state index in [4.69, 9.17) is 11.5 Å². The third-order valence-electron chi connectivity index (χ3n) is 3.45. The van der Waals surface area contributed by atoms with Gasteiger partial charge in [0.05, 0.1) is 16.7 Å². The van der Waals surface area contributed by atoms with Crippen LogP contribution in [-0.2, 0) is 11.2 Å². The number of nitrogens with zero attached hydrogens (tertiary/aromatic N) is 1. The fourth-order valence-corrected chi connectivity index (χ4v) is 2.39. The third-order valence-corrected chi connectivity index (χ3v) is 3.45. The van der Waals surface area contributed by atoms with Crippen molar-refractivity contribution in [3.8, 4) is 0 Å². The Labute approximate surface area is 116 Å². The van der Waals surface area contributed by atoms with E-state index in [0.717, 1.165) is 33.1 Å². The molecule has 1 heterocycles. The molecule has 0 fully saturated rings. The third kappa shape index (κ3) is 2.16. The van der Waals surface area contributed by atoms with Crippen molar-refractivity contribution in [2.45, 2.75) is 12.8 Å². The highest BCUT2D eigenvalue weighted by Gasteiger charge is 2.07. The van der Waals surface area contributed by atoms with E-state index >= 15 is 0 Å². The van der Waals surface area contributed by atoms with E-state index in [9.17, 15) is 4.79 Å². The summed E-state index contributed by atoms with van der Waals surface area (Å²) in [5.74, 6) is -0.297. The predicted molar refractivity (Wildman–Crippen MR) is 81.2 cm³/mol. The first-order valence-electron chi connectivity index (χ1n) is 6.50. The Hall–Kier alpha value is -2.62. The van der Waals surface area contributed by atoms with Gasteiger partial charge in [-0.05, 0) is 30.2 Å². The Morgan fingerprint density at radius 2 is 1.80 bits per heavy atom. The number of carbonyl (C=O) groups excluding carboxylic acids is 1. The standard InChI is InChI=1S/C16H15N3O/c17-15(20)8-6-10-5-7-14-12(9-10)16(18)11-3-1-2-4-13(11)19-14/h1-5,7,9H,6,8H2,(H2,17,20)(H2,18,19). The van der Waals surface area contributed by atoms with Crippen LogP contribution in [-0.4, -0.2) is 10.9 Å². The monoisotopic (exact) mass is 265 g/mol. The highest BCUT2D eigenvalue weighted by molar-refractivity contribution is 6.06. The van der Waals surface area contributed by atoms with E-state index in [1.807, 2.05) is 42.5 Å². The molecule has 0 aliphatic carbocycles. The minimum atomic E-state index is -0.297. The van der Waals surface area contributed by atoms with Crippen LogP contribution in [0.25, 0.3) is 21.8 Å². The van der Waals surface area contributed by atoms with Gasteiger partial charge < -0.3 is 11.5 Å². The number of benzene rings is 2. The van der Waals surface area contributed by atoms with Crippen LogP contribution in [0.2, 0.25) is 0 Å². The van der Waals surface area contributed by atoms with Gasteiger partial charge in [-0.3, -0.25) is 4.79 Å². The summed E-state index contributed by atoms with van der Waals surface area (Å²) in [4.78, 5) is 15.5. The summed E-state index contributed by atoms with van der Waals surface area (Å²) in [6, 6.07) is 13.7. The molecule has 0 bridgehead atoms. The number of para-hydroxylation sites is 1. The van der Waals surface area contributed by atoms with Gasteiger partial charge in [0.1, 0.15) is 0 Å². The molecule has 0 aliphatic heterocycles. The van der Waals surface area contributed by atoms with Gasteiger partial charge >= 0.3 is 0 Å². The number of amides is 1. The quantitative estimate of drug-likeness (QED) is 0.713. The number of fused-ring (bicyclic) bond motifs is 2. The number of hydrogen-bond donors (Lipinski definition) is 2. The highest BCUT2D eigenvalue weighted by atomic mass is 16.1. The van der Waals surface area contributed by atoms with Crippen molar-refractivity contribution in [2.75, 3.05) is 5.73 Å². The fraction of sp³-hybridized carbons (Fsp3) is 0.125. The lowest BCUT2D eigenvalue weighted by Crippen LogP contribution is -2.11. The van der Waals surface area contributed by atoms with Crippen LogP contribution in [0.1, 0.15) is 12.0 Å². The van der Waals surface area contributed by atoms with Gasteiger partial charge in [-0.1, -0.05) is 24.3 Å². The lowest BCUT2D eigenvalue weighted by molar-refractivity contribution is -0.117. The topological polar surface area (TPSA) is 82.0 Å². The Morgan fingerprint density at radius 1 is 1.05 bits per heavy atom. The zero-order valence-electron chi connectivity index (χ0n) is 11.0. The molecule has 0 atom stereocenters. The van der Waals surface area contributed by atoms with E-state index < -0.39 is 0 Å². The molecule has 3 aromatic rings. The number of hydrogen-bond acceptors (Lipinski definition) is 3. The van der Waals surface area contributed by atoms with Crippen molar-refractivity contribution in [3.05, 3.63) is 48.0 Å². The minimum Gasteiger partial charge on any atom is -0.398 e. The molecule has 100 valence electrons. The smallest absolute Gasteiger partial charge is 0.217 e. The number of aryl methyl sites for hydroxylation is 1. The first kappa shape index (κ1) is 12.4. The number of nitrogen functional groups attached to an aromatic ring is 1. The second kappa shape index (κ2) is 4.81. The van der Waals surface area contributed by atoms with Gasteiger partial charge in [0.25, 0.3) is 0 Å². The summed E-state index contributed by atoms with van der Waals surface area (Å²) in [6.07, 6.45) is 0.962. The maximum atomic E-state index is 10.9. The molecule has 1 amide bonds. The van der Waals surface area contributed by atoms with E-state index in [-0.39, 0.29) is 5.91 Å². The van der Waals surface area contributed by atoms with Crippen LogP contribution < -0.4 is 11.5 Å². The second-order valence-corrected chi connectivity index (χ2v) is 4.86. The zero-order chi connectivity index (χ0) is 14.1. The van der Waals surface area contributed by atoms with Crippen molar-refractivity contribution in [1.29, 1.82) is 0 Å². The Morgan fingerprint density at radius 3 is 2.60 bits per heavy atom. The number of nitrogens with two attached hydrogens (primary N) is 2. The molecular formula is C16H15N3O. The molecule has 20 heavy (non-hydrogen) atoms. The van der Waals surface area contributed by atoms with Crippen molar-refractivity contribution in [3.63, 3.8) is 0 Å². The molecule has 0 spiro atoms. The number of anilines is 1. The first-order valence-corrected chi connectivity index (χ1v) is 6.50. The van der Waals surface area contributed by atoms with E-state index in [2.05, 4.69) is 4.98 Å². The molecular weight excluding hydrogens is 250 g/mol. The average Bonchev–Trinajstić information content (AvgIpc) is 2.46. The molecule has 0 saturated heterocycles. The van der Waals surface area contributed by atoms with E-state index in [1.165, 1.54) is 0 Å². The molecule has 0 aliphatic rings. The fourth-order valence-electron chi connectivity index (χ4n) is 2.39. The van der Waals surface area contributed by atoms with Crippen molar-refractivity contribution < 1.29 is 4.79 Å². The van der Waals surface area contributed by atoms with Crippen molar-refractivity contribution in [2.24, 2.45) is 5.73 Å². The van der Waals surface area contributed by atoms with Crippen LogP contribution in [0.3, 0.4) is 0 Å². The van der Waals surface area contributed by atoms with Crippen LogP contribution in [0, 0.1) is 0 Å². The number of primary amides is 1. The number of rotatable bonds is 3. The summed E-state index contributed by atoms with van der Waals surface area (Å²) in [7, 11) is 0. The summed E-state index contributed by atoms with van der Waals surface area (Å²) < 4.78 is 0. The molecule has 0 saturated carbocycles. The van der Waals surface area contributed by atoms with Gasteiger partial charge in [-0.15, -0.1) is 0 Å². The lowest BCUT2D eigenvalue weighted by Gasteiger charge is -2.08. The number of carbonyl (C=O) groups is 1.